The maximum atomic E-state index is 13.5. The molecule has 1 aromatic carbocycles. The third-order valence-corrected chi connectivity index (χ3v) is 6.07. The number of nitrogens with two attached hydrogens (primary N) is 1. The van der Waals surface area contributed by atoms with E-state index in [-0.39, 0.29) is 16.6 Å². The first-order valence-electron chi connectivity index (χ1n) is 6.37. The van der Waals surface area contributed by atoms with Crippen molar-refractivity contribution < 1.29 is 12.8 Å². The van der Waals surface area contributed by atoms with Gasteiger partial charge in [0.2, 0.25) is 10.0 Å². The summed E-state index contributed by atoms with van der Waals surface area (Å²) in [7, 11) is -3.56. The quantitative estimate of drug-likeness (QED) is 0.885. The summed E-state index contributed by atoms with van der Waals surface area (Å²) < 4.78 is 40.6. The van der Waals surface area contributed by atoms with E-state index in [1.165, 1.54) is 6.07 Å². The second kappa shape index (κ2) is 6.23. The number of hydrogen-bond acceptors (Lipinski definition) is 4. The second-order valence-corrected chi connectivity index (χ2v) is 7.96. The van der Waals surface area contributed by atoms with Gasteiger partial charge >= 0.3 is 0 Å². The van der Waals surface area contributed by atoms with Crippen LogP contribution in [0, 0.1) is 19.7 Å². The van der Waals surface area contributed by atoms with Crippen molar-refractivity contribution >= 4 is 21.4 Å². The van der Waals surface area contributed by atoms with Crippen LogP contribution < -0.4 is 10.5 Å². The first-order valence-corrected chi connectivity index (χ1v) is 8.67. The van der Waals surface area contributed by atoms with Crippen molar-refractivity contribution in [3.8, 4) is 0 Å². The van der Waals surface area contributed by atoms with E-state index in [0.29, 0.717) is 17.7 Å². The van der Waals surface area contributed by atoms with Crippen LogP contribution >= 0.6 is 11.3 Å². The fraction of sp³-hybridized carbons (Fsp3) is 0.286. The van der Waals surface area contributed by atoms with Crippen molar-refractivity contribution in [1.29, 1.82) is 0 Å². The van der Waals surface area contributed by atoms with Crippen LogP contribution in [0.2, 0.25) is 0 Å². The molecule has 0 amide bonds. The number of sulfonamides is 1. The summed E-state index contributed by atoms with van der Waals surface area (Å²) in [4.78, 5) is 0.809. The highest BCUT2D eigenvalue weighted by Crippen LogP contribution is 2.21. The van der Waals surface area contributed by atoms with E-state index in [4.69, 9.17) is 5.73 Å². The van der Waals surface area contributed by atoms with E-state index in [0.717, 1.165) is 21.8 Å². The Bertz CT molecular complexity index is 731. The molecule has 0 aliphatic rings. The molecule has 0 aliphatic heterocycles. The van der Waals surface area contributed by atoms with Gasteiger partial charge in [0.15, 0.2) is 0 Å². The first-order chi connectivity index (χ1) is 9.83. The number of halogens is 1. The molecule has 0 atom stereocenters. The number of aryl methyl sites for hydroxylation is 2. The molecule has 0 saturated heterocycles. The van der Waals surface area contributed by atoms with Gasteiger partial charge in [-0.1, -0.05) is 12.1 Å². The van der Waals surface area contributed by atoms with Gasteiger partial charge in [0.05, 0.1) is 0 Å². The van der Waals surface area contributed by atoms with Crippen molar-refractivity contribution in [2.75, 3.05) is 0 Å². The van der Waals surface area contributed by atoms with Crippen molar-refractivity contribution in [2.24, 2.45) is 5.73 Å². The minimum atomic E-state index is -3.56. The fourth-order valence-corrected chi connectivity index (χ4v) is 4.30. The highest BCUT2D eigenvalue weighted by atomic mass is 32.2. The summed E-state index contributed by atoms with van der Waals surface area (Å²) in [6.45, 7) is 3.76. The van der Waals surface area contributed by atoms with Gasteiger partial charge in [0.25, 0.3) is 0 Å². The third kappa shape index (κ3) is 3.68. The van der Waals surface area contributed by atoms with Crippen molar-refractivity contribution in [1.82, 2.24) is 4.72 Å². The van der Waals surface area contributed by atoms with Crippen LogP contribution in [-0.2, 0) is 23.1 Å². The maximum Gasteiger partial charge on any atom is 0.250 e. The van der Waals surface area contributed by atoms with Crippen LogP contribution in [0.3, 0.4) is 0 Å². The third-order valence-electron chi connectivity index (χ3n) is 3.07. The molecule has 114 valence electrons. The van der Waals surface area contributed by atoms with Crippen LogP contribution in [0.1, 0.15) is 21.6 Å². The molecule has 1 aromatic heterocycles. The second-order valence-electron chi connectivity index (χ2n) is 4.79. The molecular formula is C14H17FN2O2S2. The SMILES string of the molecule is Cc1cc(CNS(=O)(=O)c2ccc(CN)s2)cc(C)c1F. The number of hydrogen-bond donors (Lipinski definition) is 2. The summed E-state index contributed by atoms with van der Waals surface area (Å²) in [5.41, 5.74) is 7.22. The molecule has 2 rings (SSSR count). The Morgan fingerprint density at radius 3 is 2.38 bits per heavy atom. The molecule has 0 aliphatic carbocycles. The highest BCUT2D eigenvalue weighted by molar-refractivity contribution is 7.91. The van der Waals surface area contributed by atoms with Crippen LogP contribution in [0.4, 0.5) is 4.39 Å². The number of thiophene rings is 1. The molecular weight excluding hydrogens is 311 g/mol. The van der Waals surface area contributed by atoms with E-state index in [1.54, 1.807) is 32.0 Å². The van der Waals surface area contributed by atoms with E-state index < -0.39 is 10.0 Å². The minimum Gasteiger partial charge on any atom is -0.326 e. The average Bonchev–Trinajstić information content (AvgIpc) is 2.92. The van der Waals surface area contributed by atoms with Gasteiger partial charge in [0.1, 0.15) is 10.0 Å². The first kappa shape index (κ1) is 16.1. The van der Waals surface area contributed by atoms with Crippen LogP contribution in [0.5, 0.6) is 0 Å². The van der Waals surface area contributed by atoms with Crippen LogP contribution in [0.15, 0.2) is 28.5 Å². The predicted molar refractivity (Wildman–Crippen MR) is 82.1 cm³/mol. The molecule has 7 heteroatoms. The molecule has 0 spiro atoms. The van der Waals surface area contributed by atoms with E-state index >= 15 is 0 Å². The van der Waals surface area contributed by atoms with Gasteiger partial charge in [-0.05, 0) is 42.7 Å². The molecule has 21 heavy (non-hydrogen) atoms. The minimum absolute atomic E-state index is 0.125. The Morgan fingerprint density at radius 1 is 1.24 bits per heavy atom. The zero-order valence-electron chi connectivity index (χ0n) is 11.8. The van der Waals surface area contributed by atoms with E-state index in [1.807, 2.05) is 0 Å². The Labute approximate surface area is 127 Å². The van der Waals surface area contributed by atoms with Gasteiger partial charge in [0, 0.05) is 18.0 Å². The van der Waals surface area contributed by atoms with Gasteiger partial charge in [-0.2, -0.15) is 0 Å². The lowest BCUT2D eigenvalue weighted by Gasteiger charge is -2.08. The standard InChI is InChI=1S/C14H17FN2O2S2/c1-9-5-11(6-10(2)14(9)15)8-17-21(18,19)13-4-3-12(7-16)20-13/h3-6,17H,7-8,16H2,1-2H3. The van der Waals surface area contributed by atoms with Crippen molar-refractivity contribution in [2.45, 2.75) is 31.1 Å². The van der Waals surface area contributed by atoms with E-state index in [9.17, 15) is 12.8 Å². The Balaban J connectivity index is 2.15. The lowest BCUT2D eigenvalue weighted by Crippen LogP contribution is -2.22. The highest BCUT2D eigenvalue weighted by Gasteiger charge is 2.16. The van der Waals surface area contributed by atoms with Crippen LogP contribution in [0.25, 0.3) is 0 Å². The zero-order chi connectivity index (χ0) is 15.6. The molecule has 0 bridgehead atoms. The van der Waals surface area contributed by atoms with Gasteiger partial charge in [-0.25, -0.2) is 17.5 Å². The molecule has 0 saturated carbocycles. The summed E-state index contributed by atoms with van der Waals surface area (Å²) in [6, 6.07) is 6.52. The summed E-state index contributed by atoms with van der Waals surface area (Å²) in [5, 5.41) is 0. The predicted octanol–water partition coefficient (Wildman–Crippen LogP) is 2.44. The lowest BCUT2D eigenvalue weighted by atomic mass is 10.1. The maximum absolute atomic E-state index is 13.5. The van der Waals surface area contributed by atoms with Gasteiger partial charge in [-0.3, -0.25) is 0 Å². The topological polar surface area (TPSA) is 72.2 Å². The average molecular weight is 328 g/mol. The van der Waals surface area contributed by atoms with Crippen molar-refractivity contribution in [3.05, 3.63) is 51.7 Å². The summed E-state index contributed by atoms with van der Waals surface area (Å²) in [5.74, 6) is -0.257. The molecule has 0 radical (unpaired) electrons. The Kier molecular flexibility index (Phi) is 4.77. The monoisotopic (exact) mass is 328 g/mol. The normalized spacial score (nSPS) is 11.8. The van der Waals surface area contributed by atoms with Crippen LogP contribution in [-0.4, -0.2) is 8.42 Å². The molecule has 1 heterocycles. The Morgan fingerprint density at radius 2 is 1.86 bits per heavy atom. The zero-order valence-corrected chi connectivity index (χ0v) is 13.4. The number of nitrogens with one attached hydrogen (secondary N) is 1. The molecule has 0 fully saturated rings. The Hall–Kier alpha value is -1.28. The largest absolute Gasteiger partial charge is 0.326 e. The molecule has 3 N–H and O–H groups in total. The lowest BCUT2D eigenvalue weighted by molar-refractivity contribution is 0.583. The van der Waals surface area contributed by atoms with Gasteiger partial charge in [-0.15, -0.1) is 11.3 Å². The fourth-order valence-electron chi connectivity index (χ4n) is 2.00. The number of benzene rings is 1. The summed E-state index contributed by atoms with van der Waals surface area (Å²) in [6.07, 6.45) is 0. The molecule has 0 unspecified atom stereocenters. The van der Waals surface area contributed by atoms with Crippen molar-refractivity contribution in [3.63, 3.8) is 0 Å². The van der Waals surface area contributed by atoms with E-state index in [2.05, 4.69) is 4.72 Å². The van der Waals surface area contributed by atoms with Gasteiger partial charge < -0.3 is 5.73 Å². The smallest absolute Gasteiger partial charge is 0.250 e. The molecule has 4 nitrogen and oxygen atoms in total. The molecule has 2 aromatic rings. The number of rotatable bonds is 5. The summed E-state index contributed by atoms with van der Waals surface area (Å²) >= 11 is 1.15.